The van der Waals surface area contributed by atoms with Crippen LogP contribution < -0.4 is 10.1 Å². The molecule has 4 aromatic rings. The van der Waals surface area contributed by atoms with Crippen LogP contribution in [0.15, 0.2) is 66.9 Å². The number of nitrogens with one attached hydrogen (secondary N) is 1. The molecule has 1 atom stereocenters. The van der Waals surface area contributed by atoms with Crippen molar-refractivity contribution in [2.24, 2.45) is 0 Å². The topological polar surface area (TPSA) is 49.7 Å². The highest BCUT2D eigenvalue weighted by atomic mass is 19.4. The average Bonchev–Trinajstić information content (AvgIpc) is 3.43. The third-order valence-corrected chi connectivity index (χ3v) is 10.0. The number of piperazine rings is 1. The van der Waals surface area contributed by atoms with E-state index in [2.05, 4.69) is 80.9 Å². The monoisotopic (exact) mass is 660 g/mol. The van der Waals surface area contributed by atoms with Gasteiger partial charge in [-0.25, -0.2) is 0 Å². The number of hydrogen-bond acceptors (Lipinski definition) is 5. The largest absolute Gasteiger partial charge is 0.573 e. The summed E-state index contributed by atoms with van der Waals surface area (Å²) in [6, 6.07) is 19.2. The normalized spacial score (nSPS) is 18.0. The molecule has 1 N–H and O–H groups in total. The van der Waals surface area contributed by atoms with Crippen LogP contribution in [-0.2, 0) is 24.4 Å². The molecule has 0 radical (unpaired) electrons. The lowest BCUT2D eigenvalue weighted by atomic mass is 9.98. The summed E-state index contributed by atoms with van der Waals surface area (Å²) in [6.07, 6.45) is 2.82. The van der Waals surface area contributed by atoms with Crippen LogP contribution in [0, 0.1) is 13.8 Å². The summed E-state index contributed by atoms with van der Waals surface area (Å²) in [4.78, 5) is 17.7. The number of ketones is 1. The molecular weight excluding hydrogens is 613 g/mol. The van der Waals surface area contributed by atoms with Gasteiger partial charge in [-0.15, -0.1) is 13.2 Å². The van der Waals surface area contributed by atoms with Gasteiger partial charge in [-0.1, -0.05) is 42.8 Å². The van der Waals surface area contributed by atoms with E-state index in [1.165, 1.54) is 34.4 Å². The SMILES string of the molecule is Cc1cccc(C)c1CN1CCN(Cc2ccc3c(c2)c(-c2ccc(OC(F)(F)F)cc2)cn3CCCCC(=O)C2CCCCN2)CC1. The zero-order valence-corrected chi connectivity index (χ0v) is 28.1. The molecule has 2 aliphatic heterocycles. The zero-order chi connectivity index (χ0) is 33.7. The fourth-order valence-electron chi connectivity index (χ4n) is 7.26. The number of Topliss-reactive ketones (excluding diaryl/α,β-unsaturated/α-hetero) is 1. The highest BCUT2D eigenvalue weighted by Crippen LogP contribution is 2.34. The van der Waals surface area contributed by atoms with Gasteiger partial charge in [-0.2, -0.15) is 0 Å². The van der Waals surface area contributed by atoms with E-state index in [4.69, 9.17) is 0 Å². The molecule has 2 fully saturated rings. The Labute approximate surface area is 281 Å². The van der Waals surface area contributed by atoms with Crippen molar-refractivity contribution in [2.45, 2.75) is 84.4 Å². The molecule has 0 amide bonds. The first-order valence-electron chi connectivity index (χ1n) is 17.4. The smallest absolute Gasteiger partial charge is 0.406 e. The molecular formula is C39H47F3N4O2. The summed E-state index contributed by atoms with van der Waals surface area (Å²) >= 11 is 0. The molecule has 0 spiro atoms. The Morgan fingerprint density at radius 2 is 1.60 bits per heavy atom. The van der Waals surface area contributed by atoms with Crippen molar-refractivity contribution in [3.05, 3.63) is 89.1 Å². The molecule has 3 aromatic carbocycles. The van der Waals surface area contributed by atoms with E-state index in [1.54, 1.807) is 12.1 Å². The molecule has 2 aliphatic rings. The molecule has 6 nitrogen and oxygen atoms in total. The van der Waals surface area contributed by atoms with E-state index in [-0.39, 0.29) is 11.8 Å². The minimum Gasteiger partial charge on any atom is -0.406 e. The number of carbonyl (C=O) groups excluding carboxylic acids is 1. The summed E-state index contributed by atoms with van der Waals surface area (Å²) in [6.45, 7) is 11.9. The lowest BCUT2D eigenvalue weighted by Crippen LogP contribution is -2.45. The standard InChI is InChI=1S/C39H47F3N4O2/c1-28-8-7-9-29(2)34(28)26-45-22-20-44(21-23-45)25-30-12-17-37-33(24-30)35(31-13-15-32(16-14-31)48-39(40,41)42)27-46(37)19-6-4-11-38(47)36-10-3-5-18-43-36/h7-9,12-17,24,27,36,43H,3-6,10-11,18-23,25-26H2,1-2H3. The van der Waals surface area contributed by atoms with Crippen molar-refractivity contribution in [3.63, 3.8) is 0 Å². The summed E-state index contributed by atoms with van der Waals surface area (Å²) in [5.74, 6) is 0.0780. The minimum atomic E-state index is -4.73. The number of fused-ring (bicyclic) bond motifs is 1. The maximum atomic E-state index is 12.8. The first-order valence-corrected chi connectivity index (χ1v) is 17.4. The predicted molar refractivity (Wildman–Crippen MR) is 185 cm³/mol. The second-order valence-electron chi connectivity index (χ2n) is 13.5. The number of rotatable bonds is 12. The van der Waals surface area contributed by atoms with Crippen LogP contribution in [0.5, 0.6) is 5.75 Å². The predicted octanol–water partition coefficient (Wildman–Crippen LogP) is 8.02. The minimum absolute atomic E-state index is 0.000660. The molecule has 0 bridgehead atoms. The van der Waals surface area contributed by atoms with Gasteiger partial charge in [0.1, 0.15) is 11.5 Å². The van der Waals surface area contributed by atoms with E-state index < -0.39 is 6.36 Å². The number of aryl methyl sites for hydroxylation is 3. The molecule has 0 aliphatic carbocycles. The average molecular weight is 661 g/mol. The fraction of sp³-hybridized carbons (Fsp3) is 0.462. The fourth-order valence-corrected chi connectivity index (χ4v) is 7.26. The van der Waals surface area contributed by atoms with Crippen molar-refractivity contribution in [3.8, 4) is 16.9 Å². The molecule has 256 valence electrons. The Bertz CT molecular complexity index is 1660. The number of piperidine rings is 1. The maximum Gasteiger partial charge on any atom is 0.573 e. The summed E-state index contributed by atoms with van der Waals surface area (Å²) in [7, 11) is 0. The third-order valence-electron chi connectivity index (χ3n) is 10.0. The van der Waals surface area contributed by atoms with Crippen molar-refractivity contribution in [1.82, 2.24) is 19.7 Å². The van der Waals surface area contributed by atoms with Crippen LogP contribution in [0.1, 0.15) is 60.8 Å². The maximum absolute atomic E-state index is 12.8. The second kappa shape index (κ2) is 15.3. The van der Waals surface area contributed by atoms with E-state index in [9.17, 15) is 18.0 Å². The number of carbonyl (C=O) groups is 1. The van der Waals surface area contributed by atoms with Gasteiger partial charge in [0.15, 0.2) is 0 Å². The van der Waals surface area contributed by atoms with Crippen molar-refractivity contribution in [1.29, 1.82) is 0 Å². The Kier molecular flexibility index (Phi) is 10.9. The second-order valence-corrected chi connectivity index (χ2v) is 13.5. The van der Waals surface area contributed by atoms with Crippen LogP contribution in [0.4, 0.5) is 13.2 Å². The number of ether oxygens (including phenoxy) is 1. The van der Waals surface area contributed by atoms with Gasteiger partial charge in [-0.3, -0.25) is 14.6 Å². The molecule has 1 unspecified atom stereocenters. The number of aromatic nitrogens is 1. The van der Waals surface area contributed by atoms with Crippen LogP contribution in [0.3, 0.4) is 0 Å². The Hall–Kier alpha value is -3.66. The number of unbranched alkanes of at least 4 members (excludes halogenated alkanes) is 1. The Morgan fingerprint density at radius 3 is 2.27 bits per heavy atom. The molecule has 6 rings (SSSR count). The molecule has 48 heavy (non-hydrogen) atoms. The number of benzene rings is 3. The van der Waals surface area contributed by atoms with Gasteiger partial charge < -0.3 is 14.6 Å². The van der Waals surface area contributed by atoms with Crippen LogP contribution in [0.2, 0.25) is 0 Å². The molecule has 2 saturated heterocycles. The first-order chi connectivity index (χ1) is 23.1. The Morgan fingerprint density at radius 1 is 0.896 bits per heavy atom. The van der Waals surface area contributed by atoms with E-state index >= 15 is 0 Å². The van der Waals surface area contributed by atoms with Crippen LogP contribution >= 0.6 is 0 Å². The van der Waals surface area contributed by atoms with Gasteiger partial charge in [0, 0.05) is 74.9 Å². The summed E-state index contributed by atoms with van der Waals surface area (Å²) in [5.41, 5.74) is 8.24. The Balaban J connectivity index is 1.15. The summed E-state index contributed by atoms with van der Waals surface area (Å²) < 4.78 is 44.8. The number of hydrogen-bond donors (Lipinski definition) is 1. The van der Waals surface area contributed by atoms with Gasteiger partial charge in [-0.05, 0) is 98.2 Å². The van der Waals surface area contributed by atoms with Gasteiger partial charge in [0.25, 0.3) is 0 Å². The van der Waals surface area contributed by atoms with E-state index in [0.717, 1.165) is 106 Å². The lowest BCUT2D eigenvalue weighted by molar-refractivity contribution is -0.274. The van der Waals surface area contributed by atoms with Crippen LogP contribution in [-0.4, -0.2) is 65.3 Å². The van der Waals surface area contributed by atoms with E-state index in [1.807, 2.05) is 0 Å². The van der Waals surface area contributed by atoms with Gasteiger partial charge >= 0.3 is 6.36 Å². The van der Waals surface area contributed by atoms with Crippen LogP contribution in [0.25, 0.3) is 22.0 Å². The van der Waals surface area contributed by atoms with Crippen molar-refractivity contribution >= 4 is 16.7 Å². The number of alkyl halides is 3. The zero-order valence-electron chi connectivity index (χ0n) is 28.1. The van der Waals surface area contributed by atoms with Gasteiger partial charge in [0.2, 0.25) is 0 Å². The third kappa shape index (κ3) is 8.67. The van der Waals surface area contributed by atoms with Crippen molar-refractivity contribution in [2.75, 3.05) is 32.7 Å². The molecule has 3 heterocycles. The molecule has 9 heteroatoms. The highest BCUT2D eigenvalue weighted by Gasteiger charge is 2.31. The molecule has 0 saturated carbocycles. The first kappa shape index (κ1) is 34.2. The number of halogens is 3. The van der Waals surface area contributed by atoms with Crippen molar-refractivity contribution < 1.29 is 22.7 Å². The summed E-state index contributed by atoms with van der Waals surface area (Å²) in [5, 5.41) is 4.43. The quantitative estimate of drug-likeness (QED) is 0.156. The van der Waals surface area contributed by atoms with E-state index in [0.29, 0.717) is 12.2 Å². The number of nitrogens with zero attached hydrogens (tertiary/aromatic N) is 3. The highest BCUT2D eigenvalue weighted by molar-refractivity contribution is 5.96. The molecule has 1 aromatic heterocycles. The van der Waals surface area contributed by atoms with Gasteiger partial charge in [0.05, 0.1) is 6.04 Å². The lowest BCUT2D eigenvalue weighted by Gasteiger charge is -2.35.